The molecule has 0 bridgehead atoms. The van der Waals surface area contributed by atoms with E-state index in [-0.39, 0.29) is 5.92 Å². The number of hydrogen-bond donors (Lipinski definition) is 0. The first-order valence-corrected chi connectivity index (χ1v) is 16.2. The van der Waals surface area contributed by atoms with Gasteiger partial charge in [0.2, 0.25) is 0 Å². The molecule has 0 saturated carbocycles. The van der Waals surface area contributed by atoms with Crippen molar-refractivity contribution in [3.63, 3.8) is 0 Å². The highest BCUT2D eigenvalue weighted by Gasteiger charge is 2.27. The molecule has 1 aromatic heterocycles. The summed E-state index contributed by atoms with van der Waals surface area (Å²) in [5.41, 5.74) is 12.3. The normalized spacial score (nSPS) is 14.3. The Kier molecular flexibility index (Phi) is 6.43. The largest absolute Gasteiger partial charge is 0.264 e. The van der Waals surface area contributed by atoms with Gasteiger partial charge in [-0.05, 0) is 88.7 Å². The number of allylic oxidation sites excluding steroid dienone is 2. The van der Waals surface area contributed by atoms with Crippen LogP contribution < -0.4 is 0 Å². The molecule has 1 aliphatic carbocycles. The molecule has 1 unspecified atom stereocenters. The fraction of sp³-hybridized carbons (Fsp3) is 0.0217. The van der Waals surface area contributed by atoms with Gasteiger partial charge in [0.1, 0.15) is 0 Å². The second kappa shape index (κ2) is 11.1. The van der Waals surface area contributed by atoms with Crippen LogP contribution in [0.25, 0.3) is 65.7 Å². The van der Waals surface area contributed by atoms with Crippen molar-refractivity contribution in [3.05, 3.63) is 199 Å². The average Bonchev–Trinajstić information content (AvgIpc) is 3.15. The molecule has 0 spiro atoms. The molecule has 1 nitrogen and oxygen atoms in total. The summed E-state index contributed by atoms with van der Waals surface area (Å²) in [4.78, 5) is 4.43. The van der Waals surface area contributed by atoms with Gasteiger partial charge in [0.25, 0.3) is 0 Å². The van der Waals surface area contributed by atoms with Crippen molar-refractivity contribution >= 4 is 43.5 Å². The van der Waals surface area contributed by atoms with E-state index in [1.165, 1.54) is 82.4 Å². The molecule has 1 atom stereocenters. The lowest BCUT2D eigenvalue weighted by atomic mass is 9.75. The molecule has 0 amide bonds. The number of fused-ring (bicyclic) bond motifs is 5. The Morgan fingerprint density at radius 2 is 1.09 bits per heavy atom. The zero-order chi connectivity index (χ0) is 31.3. The van der Waals surface area contributed by atoms with E-state index < -0.39 is 0 Å². The quantitative estimate of drug-likeness (QED) is 0.197. The van der Waals surface area contributed by atoms with Gasteiger partial charge in [0, 0.05) is 23.7 Å². The summed E-state index contributed by atoms with van der Waals surface area (Å²) in [6, 6.07) is 54.9. The Morgan fingerprint density at radius 1 is 0.447 bits per heavy atom. The number of benzene rings is 7. The van der Waals surface area contributed by atoms with E-state index in [1.807, 2.05) is 12.4 Å². The molecule has 0 aliphatic heterocycles. The summed E-state index contributed by atoms with van der Waals surface area (Å²) in [5.74, 6) is 0.0759. The second-order valence-corrected chi connectivity index (χ2v) is 12.4. The fourth-order valence-electron chi connectivity index (χ4n) is 7.51. The van der Waals surface area contributed by atoms with Crippen LogP contribution >= 0.6 is 0 Å². The summed E-state index contributed by atoms with van der Waals surface area (Å²) in [7, 11) is 0. The Hall–Kier alpha value is -6.05. The van der Waals surface area contributed by atoms with Crippen LogP contribution in [-0.4, -0.2) is 4.98 Å². The number of aromatic nitrogens is 1. The van der Waals surface area contributed by atoms with Crippen molar-refractivity contribution < 1.29 is 0 Å². The highest BCUT2D eigenvalue weighted by molar-refractivity contribution is 6.10. The number of pyridine rings is 1. The van der Waals surface area contributed by atoms with Crippen LogP contribution in [0.4, 0.5) is 0 Å². The maximum Gasteiger partial charge on any atom is 0.0352 e. The highest BCUT2D eigenvalue weighted by atomic mass is 14.6. The standard InChI is InChI=1S/C46H31N/c1-30-36-23-22-32-12-5-6-14-38(32)46(36)44(31-10-3-2-4-11-31)28-43(30)35-20-18-34(19-21-35)37-24-25-42(40-16-8-7-15-39(37)40)41-17-9-13-33-26-27-47-29-45(33)41/h2-29,43H,1H2. The summed E-state index contributed by atoms with van der Waals surface area (Å²) >= 11 is 0. The molecule has 220 valence electrons. The van der Waals surface area contributed by atoms with Crippen LogP contribution in [0.15, 0.2) is 177 Å². The van der Waals surface area contributed by atoms with Crippen LogP contribution in [0.1, 0.15) is 28.2 Å². The smallest absolute Gasteiger partial charge is 0.0352 e. The van der Waals surface area contributed by atoms with E-state index in [1.54, 1.807) is 0 Å². The molecule has 7 aromatic carbocycles. The van der Waals surface area contributed by atoms with Crippen molar-refractivity contribution in [1.29, 1.82) is 0 Å². The van der Waals surface area contributed by atoms with Gasteiger partial charge in [-0.1, -0.05) is 158 Å². The molecule has 0 N–H and O–H groups in total. The summed E-state index contributed by atoms with van der Waals surface area (Å²) < 4.78 is 0. The first kappa shape index (κ1) is 27.3. The van der Waals surface area contributed by atoms with Crippen LogP contribution in [0.5, 0.6) is 0 Å². The van der Waals surface area contributed by atoms with E-state index in [0.29, 0.717) is 0 Å². The van der Waals surface area contributed by atoms with Gasteiger partial charge in [-0.25, -0.2) is 0 Å². The fourth-order valence-corrected chi connectivity index (χ4v) is 7.51. The first-order valence-electron chi connectivity index (χ1n) is 16.2. The number of hydrogen-bond acceptors (Lipinski definition) is 1. The minimum absolute atomic E-state index is 0.0759. The van der Waals surface area contributed by atoms with Crippen LogP contribution in [0.2, 0.25) is 0 Å². The van der Waals surface area contributed by atoms with E-state index in [9.17, 15) is 0 Å². The van der Waals surface area contributed by atoms with Crippen molar-refractivity contribution in [1.82, 2.24) is 4.98 Å². The van der Waals surface area contributed by atoms with Gasteiger partial charge < -0.3 is 0 Å². The monoisotopic (exact) mass is 597 g/mol. The van der Waals surface area contributed by atoms with E-state index >= 15 is 0 Å². The van der Waals surface area contributed by atoms with Crippen molar-refractivity contribution in [2.45, 2.75) is 5.92 Å². The molecule has 1 heterocycles. The van der Waals surface area contributed by atoms with Gasteiger partial charge in [0.15, 0.2) is 0 Å². The third kappa shape index (κ3) is 4.51. The Morgan fingerprint density at radius 3 is 1.91 bits per heavy atom. The topological polar surface area (TPSA) is 12.9 Å². The minimum atomic E-state index is 0.0759. The predicted octanol–water partition coefficient (Wildman–Crippen LogP) is 12.1. The molecular weight excluding hydrogens is 567 g/mol. The Balaban J connectivity index is 1.14. The van der Waals surface area contributed by atoms with E-state index in [0.717, 1.165) is 5.57 Å². The highest BCUT2D eigenvalue weighted by Crippen LogP contribution is 2.47. The summed E-state index contributed by atoms with van der Waals surface area (Å²) in [5, 5.41) is 7.37. The first-order chi connectivity index (χ1) is 23.2. The zero-order valence-electron chi connectivity index (χ0n) is 25.9. The Bertz CT molecular complexity index is 2510. The molecule has 8 aromatic rings. The predicted molar refractivity (Wildman–Crippen MR) is 199 cm³/mol. The van der Waals surface area contributed by atoms with Gasteiger partial charge in [0.05, 0.1) is 0 Å². The van der Waals surface area contributed by atoms with Crippen LogP contribution in [-0.2, 0) is 0 Å². The van der Waals surface area contributed by atoms with E-state index in [2.05, 4.69) is 169 Å². The number of nitrogens with zero attached hydrogens (tertiary/aromatic N) is 1. The molecule has 9 rings (SSSR count). The van der Waals surface area contributed by atoms with Gasteiger partial charge in [-0.15, -0.1) is 0 Å². The van der Waals surface area contributed by atoms with E-state index in [4.69, 9.17) is 0 Å². The van der Waals surface area contributed by atoms with Crippen LogP contribution in [0, 0.1) is 0 Å². The summed E-state index contributed by atoms with van der Waals surface area (Å²) in [6.45, 7) is 4.68. The zero-order valence-corrected chi connectivity index (χ0v) is 25.9. The average molecular weight is 598 g/mol. The maximum absolute atomic E-state index is 4.68. The van der Waals surface area contributed by atoms with Gasteiger partial charge in [-0.2, -0.15) is 0 Å². The summed E-state index contributed by atoms with van der Waals surface area (Å²) in [6.07, 6.45) is 6.26. The van der Waals surface area contributed by atoms with Crippen LogP contribution in [0.3, 0.4) is 0 Å². The number of rotatable bonds is 4. The molecule has 1 heteroatoms. The molecule has 0 fully saturated rings. The van der Waals surface area contributed by atoms with Crippen molar-refractivity contribution in [2.24, 2.45) is 0 Å². The third-order valence-electron chi connectivity index (χ3n) is 9.82. The molecule has 0 radical (unpaired) electrons. The lowest BCUT2D eigenvalue weighted by Crippen LogP contribution is -2.09. The molecular formula is C46H31N. The SMILES string of the molecule is C=C1c2ccc3ccccc3c2C(c2ccccc2)=CC1c1ccc(-c2ccc(-c3cccc4ccncc34)c3ccccc23)cc1. The van der Waals surface area contributed by atoms with Gasteiger partial charge in [-0.3, -0.25) is 4.98 Å². The maximum atomic E-state index is 4.68. The van der Waals surface area contributed by atoms with Gasteiger partial charge >= 0.3 is 0 Å². The lowest BCUT2D eigenvalue weighted by Gasteiger charge is -2.29. The van der Waals surface area contributed by atoms with Crippen molar-refractivity contribution in [2.75, 3.05) is 0 Å². The Labute approximate surface area is 274 Å². The second-order valence-electron chi connectivity index (χ2n) is 12.4. The lowest BCUT2D eigenvalue weighted by molar-refractivity contribution is 1.09. The molecule has 1 aliphatic rings. The minimum Gasteiger partial charge on any atom is -0.264 e. The third-order valence-corrected chi connectivity index (χ3v) is 9.82. The molecule has 47 heavy (non-hydrogen) atoms. The van der Waals surface area contributed by atoms with Crippen molar-refractivity contribution in [3.8, 4) is 22.3 Å². The molecule has 0 saturated heterocycles.